The van der Waals surface area contributed by atoms with Crippen molar-refractivity contribution in [1.29, 1.82) is 0 Å². The Labute approximate surface area is 188 Å². The Morgan fingerprint density at radius 2 is 1.59 bits per heavy atom. The molecule has 3 aromatic rings. The number of anilines is 1. The highest BCUT2D eigenvalue weighted by Crippen LogP contribution is 2.15. The van der Waals surface area contributed by atoms with E-state index in [1.54, 1.807) is 6.21 Å². The summed E-state index contributed by atoms with van der Waals surface area (Å²) in [6.07, 6.45) is 1.69. The van der Waals surface area contributed by atoms with Gasteiger partial charge in [-0.2, -0.15) is 5.10 Å². The van der Waals surface area contributed by atoms with Crippen molar-refractivity contribution in [2.24, 2.45) is 5.10 Å². The summed E-state index contributed by atoms with van der Waals surface area (Å²) in [5, 5.41) is 6.75. The quantitative estimate of drug-likeness (QED) is 0.380. The minimum Gasteiger partial charge on any atom is -0.489 e. The van der Waals surface area contributed by atoms with Crippen LogP contribution in [-0.4, -0.2) is 18.0 Å². The summed E-state index contributed by atoms with van der Waals surface area (Å²) >= 11 is 0. The molecule has 3 aromatic carbocycles. The number of aryl methyl sites for hydroxylation is 2. The summed E-state index contributed by atoms with van der Waals surface area (Å²) in [6.45, 7) is 4.50. The molecule has 0 spiro atoms. The molecule has 6 nitrogen and oxygen atoms in total. The number of rotatable bonds is 9. The van der Waals surface area contributed by atoms with Crippen LogP contribution >= 0.6 is 0 Å². The molecular formula is C26H27N3O3. The average Bonchev–Trinajstić information content (AvgIpc) is 2.80. The summed E-state index contributed by atoms with van der Waals surface area (Å²) in [7, 11) is 0. The van der Waals surface area contributed by atoms with Gasteiger partial charge in [0.15, 0.2) is 0 Å². The van der Waals surface area contributed by atoms with Crippen LogP contribution in [0.1, 0.15) is 35.1 Å². The first kappa shape index (κ1) is 22.7. The lowest BCUT2D eigenvalue weighted by Gasteiger charge is -2.07. The molecule has 0 saturated heterocycles. The number of carbonyl (C=O) groups is 2. The van der Waals surface area contributed by atoms with E-state index >= 15 is 0 Å². The Kier molecular flexibility index (Phi) is 8.15. The minimum absolute atomic E-state index is 0.0558. The molecule has 0 unspecified atom stereocenters. The molecule has 0 fully saturated rings. The molecule has 32 heavy (non-hydrogen) atoms. The summed E-state index contributed by atoms with van der Waals surface area (Å²) in [6, 6.07) is 23.1. The molecule has 0 heterocycles. The Morgan fingerprint density at radius 1 is 0.875 bits per heavy atom. The van der Waals surface area contributed by atoms with Crippen LogP contribution in [0.5, 0.6) is 5.75 Å². The van der Waals surface area contributed by atoms with Crippen LogP contribution in [0.3, 0.4) is 0 Å². The van der Waals surface area contributed by atoms with E-state index in [0.29, 0.717) is 6.61 Å². The van der Waals surface area contributed by atoms with Crippen LogP contribution in [-0.2, 0) is 16.2 Å². The summed E-state index contributed by atoms with van der Waals surface area (Å²) < 4.78 is 5.75. The molecule has 0 aliphatic carbocycles. The van der Waals surface area contributed by atoms with Gasteiger partial charge in [-0.05, 0) is 72.5 Å². The van der Waals surface area contributed by atoms with Gasteiger partial charge in [0, 0.05) is 18.5 Å². The molecule has 0 aliphatic rings. The first-order valence-electron chi connectivity index (χ1n) is 10.5. The van der Waals surface area contributed by atoms with Crippen molar-refractivity contribution >= 4 is 23.7 Å². The van der Waals surface area contributed by atoms with Crippen LogP contribution < -0.4 is 15.5 Å². The summed E-state index contributed by atoms with van der Waals surface area (Å²) in [4.78, 5) is 24.0. The summed E-state index contributed by atoms with van der Waals surface area (Å²) in [5.41, 5.74) is 7.37. The van der Waals surface area contributed by atoms with Crippen LogP contribution in [0.2, 0.25) is 0 Å². The molecule has 0 aromatic heterocycles. The maximum Gasteiger partial charge on any atom is 0.240 e. The fourth-order valence-corrected chi connectivity index (χ4v) is 2.90. The van der Waals surface area contributed by atoms with E-state index in [4.69, 9.17) is 4.74 Å². The monoisotopic (exact) mass is 429 g/mol. The summed E-state index contributed by atoms with van der Waals surface area (Å²) in [5.74, 6) is 0.225. The van der Waals surface area contributed by atoms with Crippen LogP contribution in [0.15, 0.2) is 77.9 Å². The molecule has 2 amide bonds. The van der Waals surface area contributed by atoms with E-state index in [1.807, 2.05) is 86.6 Å². The molecule has 0 radical (unpaired) electrons. The third-order valence-electron chi connectivity index (χ3n) is 4.90. The van der Waals surface area contributed by atoms with E-state index in [9.17, 15) is 9.59 Å². The number of hydrazone groups is 1. The number of nitrogens with zero attached hydrogens (tertiary/aromatic N) is 1. The Morgan fingerprint density at radius 3 is 2.31 bits per heavy atom. The third kappa shape index (κ3) is 7.40. The van der Waals surface area contributed by atoms with Gasteiger partial charge < -0.3 is 10.1 Å². The Hall–Kier alpha value is -3.93. The van der Waals surface area contributed by atoms with Crippen molar-refractivity contribution < 1.29 is 14.3 Å². The van der Waals surface area contributed by atoms with Gasteiger partial charge in [0.05, 0.1) is 6.21 Å². The second-order valence-electron chi connectivity index (χ2n) is 7.48. The van der Waals surface area contributed by atoms with E-state index in [0.717, 1.165) is 33.7 Å². The first-order chi connectivity index (χ1) is 15.5. The topological polar surface area (TPSA) is 79.8 Å². The molecule has 2 N–H and O–H groups in total. The second kappa shape index (κ2) is 11.5. The van der Waals surface area contributed by atoms with Crippen molar-refractivity contribution in [3.63, 3.8) is 0 Å². The number of hydrogen-bond acceptors (Lipinski definition) is 4. The van der Waals surface area contributed by atoms with Crippen LogP contribution in [0.25, 0.3) is 0 Å². The van der Waals surface area contributed by atoms with Gasteiger partial charge in [-0.25, -0.2) is 5.43 Å². The average molecular weight is 430 g/mol. The number of carbonyl (C=O) groups excluding carboxylic acids is 2. The fourth-order valence-electron chi connectivity index (χ4n) is 2.90. The Bertz CT molecular complexity index is 1080. The number of ether oxygens (including phenoxy) is 1. The van der Waals surface area contributed by atoms with Crippen molar-refractivity contribution in [1.82, 2.24) is 5.43 Å². The van der Waals surface area contributed by atoms with Gasteiger partial charge in [0.2, 0.25) is 11.8 Å². The number of hydrogen-bond donors (Lipinski definition) is 2. The zero-order valence-corrected chi connectivity index (χ0v) is 18.3. The predicted molar refractivity (Wildman–Crippen MR) is 127 cm³/mol. The lowest BCUT2D eigenvalue weighted by molar-refractivity contribution is -0.124. The van der Waals surface area contributed by atoms with Crippen molar-refractivity contribution in [3.05, 3.63) is 95.1 Å². The molecule has 3 rings (SSSR count). The lowest BCUT2D eigenvalue weighted by atomic mass is 10.1. The zero-order valence-electron chi connectivity index (χ0n) is 18.3. The second-order valence-corrected chi connectivity index (χ2v) is 7.48. The first-order valence-corrected chi connectivity index (χ1v) is 10.5. The fraction of sp³-hybridized carbons (Fsp3) is 0.192. The van der Waals surface area contributed by atoms with Gasteiger partial charge in [-0.3, -0.25) is 9.59 Å². The predicted octanol–water partition coefficient (Wildman–Crippen LogP) is 4.75. The lowest BCUT2D eigenvalue weighted by Crippen LogP contribution is -2.20. The zero-order chi connectivity index (χ0) is 22.8. The van der Waals surface area contributed by atoms with Crippen LogP contribution in [0, 0.1) is 13.8 Å². The minimum atomic E-state index is -0.320. The maximum atomic E-state index is 12.0. The van der Waals surface area contributed by atoms with Gasteiger partial charge >= 0.3 is 0 Å². The normalized spacial score (nSPS) is 10.7. The van der Waals surface area contributed by atoms with Gasteiger partial charge in [-0.15, -0.1) is 0 Å². The van der Waals surface area contributed by atoms with Crippen molar-refractivity contribution in [2.45, 2.75) is 33.3 Å². The molecule has 0 atom stereocenters. The number of amides is 2. The smallest absolute Gasteiger partial charge is 0.240 e. The number of benzene rings is 3. The molecule has 164 valence electrons. The molecule has 0 bridgehead atoms. The maximum absolute atomic E-state index is 12.0. The van der Waals surface area contributed by atoms with Gasteiger partial charge in [0.1, 0.15) is 12.4 Å². The van der Waals surface area contributed by atoms with Crippen LogP contribution in [0.4, 0.5) is 5.69 Å². The SMILES string of the molecule is Cc1ccc(NC(=O)CCC(=O)NN=Cc2ccc(OCc3ccccc3)cc2)cc1C. The highest BCUT2D eigenvalue weighted by atomic mass is 16.5. The standard InChI is InChI=1S/C26H27N3O3/c1-19-8-11-23(16-20(19)2)28-25(30)14-15-26(31)29-27-17-21-9-12-24(13-10-21)32-18-22-6-4-3-5-7-22/h3-13,16-17H,14-15,18H2,1-2H3,(H,28,30)(H,29,31). The highest BCUT2D eigenvalue weighted by Gasteiger charge is 2.07. The van der Waals surface area contributed by atoms with Gasteiger partial charge in [-0.1, -0.05) is 36.4 Å². The van der Waals surface area contributed by atoms with Crippen molar-refractivity contribution in [2.75, 3.05) is 5.32 Å². The Balaban J connectivity index is 1.37. The third-order valence-corrected chi connectivity index (χ3v) is 4.90. The van der Waals surface area contributed by atoms with E-state index in [-0.39, 0.29) is 24.7 Å². The van der Waals surface area contributed by atoms with E-state index in [1.165, 1.54) is 0 Å². The van der Waals surface area contributed by atoms with Crippen molar-refractivity contribution in [3.8, 4) is 5.75 Å². The van der Waals surface area contributed by atoms with E-state index in [2.05, 4.69) is 15.8 Å². The number of nitrogens with one attached hydrogen (secondary N) is 2. The molecule has 0 saturated carbocycles. The largest absolute Gasteiger partial charge is 0.489 e. The highest BCUT2D eigenvalue weighted by molar-refractivity contribution is 5.93. The molecule has 6 heteroatoms. The van der Waals surface area contributed by atoms with E-state index < -0.39 is 0 Å². The molecular weight excluding hydrogens is 402 g/mol. The molecule has 0 aliphatic heterocycles. The van der Waals surface area contributed by atoms with Gasteiger partial charge in [0.25, 0.3) is 0 Å².